The van der Waals surface area contributed by atoms with Crippen LogP contribution in [0, 0.1) is 11.6 Å². The zero-order valence-electron chi connectivity index (χ0n) is 17.0. The van der Waals surface area contributed by atoms with Crippen LogP contribution < -0.4 is 0 Å². The molecule has 0 amide bonds. The van der Waals surface area contributed by atoms with Gasteiger partial charge in [-0.2, -0.15) is 0 Å². The molecule has 0 saturated heterocycles. The van der Waals surface area contributed by atoms with Crippen molar-refractivity contribution < 1.29 is 13.9 Å². The fraction of sp³-hybridized carbons (Fsp3) is 0.0769. The molecule has 32 heavy (non-hydrogen) atoms. The molecule has 2 heterocycles. The van der Waals surface area contributed by atoms with E-state index in [9.17, 15) is 13.9 Å². The molecule has 5 aromatic rings. The molecule has 0 radical (unpaired) electrons. The van der Waals surface area contributed by atoms with E-state index in [0.29, 0.717) is 29.1 Å². The fourth-order valence-corrected chi connectivity index (χ4v) is 3.78. The third-order valence-electron chi connectivity index (χ3n) is 5.39. The smallest absolute Gasteiger partial charge is 0.219 e. The lowest BCUT2D eigenvalue weighted by Crippen LogP contribution is -2.03. The molecule has 0 saturated carbocycles. The summed E-state index contributed by atoms with van der Waals surface area (Å²) in [5.41, 5.74) is 3.97. The van der Waals surface area contributed by atoms with Crippen LogP contribution in [0.25, 0.3) is 16.9 Å². The maximum Gasteiger partial charge on any atom is 0.219 e. The first kappa shape index (κ1) is 19.9. The average Bonchev–Trinajstić information content (AvgIpc) is 3.13. The number of hydrogen-bond acceptors (Lipinski definition) is 3. The highest BCUT2D eigenvalue weighted by atomic mass is 19.2. The van der Waals surface area contributed by atoms with Gasteiger partial charge in [0.15, 0.2) is 17.3 Å². The van der Waals surface area contributed by atoms with Crippen molar-refractivity contribution in [3.05, 3.63) is 119 Å². The van der Waals surface area contributed by atoms with Crippen LogP contribution in [0.4, 0.5) is 8.78 Å². The minimum Gasteiger partial charge on any atom is -0.493 e. The largest absolute Gasteiger partial charge is 0.493 e. The third kappa shape index (κ3) is 3.71. The number of halogens is 2. The average molecular weight is 427 g/mol. The van der Waals surface area contributed by atoms with Crippen LogP contribution in [0.15, 0.2) is 85.1 Å². The summed E-state index contributed by atoms with van der Waals surface area (Å²) in [6.07, 6.45) is 2.19. The standard InChI is InChI=1S/C26H19F2N3O/c27-20-13-7-12-19(24(20)28)15-21-25-30-22(14-17-8-3-1-4-9-17)26(32)31(25)16-23(29-21)18-10-5-2-6-11-18/h1-13,16,32H,14-15H2. The molecule has 4 nitrogen and oxygen atoms in total. The van der Waals surface area contributed by atoms with Gasteiger partial charge in [0.05, 0.1) is 11.4 Å². The van der Waals surface area contributed by atoms with Crippen molar-refractivity contribution in [2.45, 2.75) is 12.8 Å². The van der Waals surface area contributed by atoms with Crippen LogP contribution >= 0.6 is 0 Å². The summed E-state index contributed by atoms with van der Waals surface area (Å²) in [6, 6.07) is 23.3. The summed E-state index contributed by atoms with van der Waals surface area (Å²) < 4.78 is 29.8. The van der Waals surface area contributed by atoms with Gasteiger partial charge in [0.1, 0.15) is 5.69 Å². The van der Waals surface area contributed by atoms with Crippen molar-refractivity contribution in [2.24, 2.45) is 0 Å². The van der Waals surface area contributed by atoms with Gasteiger partial charge in [0, 0.05) is 24.6 Å². The maximum atomic E-state index is 14.4. The van der Waals surface area contributed by atoms with Crippen LogP contribution in [0.1, 0.15) is 22.5 Å². The lowest BCUT2D eigenvalue weighted by molar-refractivity contribution is 0.442. The van der Waals surface area contributed by atoms with Crippen molar-refractivity contribution in [3.63, 3.8) is 0 Å². The zero-order chi connectivity index (χ0) is 22.1. The molecule has 0 aliphatic rings. The van der Waals surface area contributed by atoms with E-state index in [1.165, 1.54) is 12.1 Å². The van der Waals surface area contributed by atoms with E-state index >= 15 is 0 Å². The Morgan fingerprint density at radius 2 is 1.47 bits per heavy atom. The normalized spacial score (nSPS) is 11.2. The second-order valence-electron chi connectivity index (χ2n) is 7.57. The Morgan fingerprint density at radius 1 is 0.750 bits per heavy atom. The van der Waals surface area contributed by atoms with Gasteiger partial charge >= 0.3 is 0 Å². The molecule has 6 heteroatoms. The summed E-state index contributed by atoms with van der Waals surface area (Å²) in [4.78, 5) is 9.34. The Labute approximate surface area is 183 Å². The highest BCUT2D eigenvalue weighted by molar-refractivity contribution is 5.63. The van der Waals surface area contributed by atoms with Crippen molar-refractivity contribution in [1.82, 2.24) is 14.4 Å². The number of aromatic hydroxyl groups is 1. The summed E-state index contributed by atoms with van der Waals surface area (Å²) in [6.45, 7) is 0. The SMILES string of the molecule is Oc1c(Cc2ccccc2)nc2c(Cc3cccc(F)c3F)nc(-c3ccccc3)cn12. The molecule has 0 aliphatic carbocycles. The lowest BCUT2D eigenvalue weighted by Gasteiger charge is -2.09. The van der Waals surface area contributed by atoms with E-state index in [1.54, 1.807) is 10.6 Å². The molecule has 1 N–H and O–H groups in total. The number of rotatable bonds is 5. The predicted octanol–water partition coefficient (Wildman–Crippen LogP) is 5.56. The number of hydrogen-bond donors (Lipinski definition) is 1. The molecule has 158 valence electrons. The summed E-state index contributed by atoms with van der Waals surface area (Å²) in [7, 11) is 0. The molecule has 3 aromatic carbocycles. The molecular formula is C26H19F2N3O. The molecule has 0 fully saturated rings. The van der Waals surface area contributed by atoms with Crippen molar-refractivity contribution in [2.75, 3.05) is 0 Å². The van der Waals surface area contributed by atoms with Crippen LogP contribution in [-0.2, 0) is 12.8 Å². The number of fused-ring (bicyclic) bond motifs is 1. The van der Waals surface area contributed by atoms with Gasteiger partial charge < -0.3 is 5.11 Å². The minimum atomic E-state index is -0.909. The molecule has 0 bridgehead atoms. The van der Waals surface area contributed by atoms with Gasteiger partial charge in [-0.05, 0) is 17.2 Å². The molecular weight excluding hydrogens is 408 g/mol. The Hall–Kier alpha value is -4.06. The van der Waals surface area contributed by atoms with Gasteiger partial charge in [-0.25, -0.2) is 18.7 Å². The second kappa shape index (κ2) is 8.23. The van der Waals surface area contributed by atoms with E-state index in [-0.39, 0.29) is 17.9 Å². The summed E-state index contributed by atoms with van der Waals surface area (Å²) in [5.74, 6) is -1.81. The van der Waals surface area contributed by atoms with Crippen molar-refractivity contribution in [1.29, 1.82) is 0 Å². The van der Waals surface area contributed by atoms with E-state index in [2.05, 4.69) is 4.98 Å². The highest BCUT2D eigenvalue weighted by Crippen LogP contribution is 2.28. The van der Waals surface area contributed by atoms with Crippen LogP contribution in [0.2, 0.25) is 0 Å². The first-order valence-electron chi connectivity index (χ1n) is 10.2. The number of benzene rings is 3. The summed E-state index contributed by atoms with van der Waals surface area (Å²) in [5, 5.41) is 11.0. The Bertz CT molecular complexity index is 1400. The van der Waals surface area contributed by atoms with Gasteiger partial charge in [-0.3, -0.25) is 4.40 Å². The molecule has 0 spiro atoms. The molecule has 0 atom stereocenters. The lowest BCUT2D eigenvalue weighted by atomic mass is 10.1. The maximum absolute atomic E-state index is 14.4. The van der Waals surface area contributed by atoms with E-state index in [4.69, 9.17) is 4.98 Å². The number of imidazole rings is 1. The highest BCUT2D eigenvalue weighted by Gasteiger charge is 2.19. The van der Waals surface area contributed by atoms with Crippen molar-refractivity contribution in [3.8, 4) is 17.1 Å². The third-order valence-corrected chi connectivity index (χ3v) is 5.39. The number of nitrogens with zero attached hydrogens (tertiary/aromatic N) is 3. The van der Waals surface area contributed by atoms with Gasteiger partial charge in [-0.15, -0.1) is 0 Å². The summed E-state index contributed by atoms with van der Waals surface area (Å²) >= 11 is 0. The number of aromatic nitrogens is 3. The molecule has 5 rings (SSSR count). The molecule has 0 unspecified atom stereocenters. The topological polar surface area (TPSA) is 50.4 Å². The minimum absolute atomic E-state index is 0.00407. The van der Waals surface area contributed by atoms with E-state index in [1.807, 2.05) is 60.7 Å². The van der Waals surface area contributed by atoms with Crippen LogP contribution in [0.5, 0.6) is 5.88 Å². The first-order chi connectivity index (χ1) is 15.6. The van der Waals surface area contributed by atoms with Gasteiger partial charge in [0.25, 0.3) is 0 Å². The fourth-order valence-electron chi connectivity index (χ4n) is 3.78. The Morgan fingerprint density at radius 3 is 2.22 bits per heavy atom. The first-order valence-corrected chi connectivity index (χ1v) is 10.2. The van der Waals surface area contributed by atoms with Crippen LogP contribution in [-0.4, -0.2) is 19.5 Å². The Balaban J connectivity index is 1.67. The predicted molar refractivity (Wildman–Crippen MR) is 118 cm³/mol. The van der Waals surface area contributed by atoms with Gasteiger partial charge in [0.2, 0.25) is 5.88 Å². The Kier molecular flexibility index (Phi) is 5.11. The molecule has 2 aromatic heterocycles. The van der Waals surface area contributed by atoms with Crippen molar-refractivity contribution >= 4 is 5.65 Å². The monoisotopic (exact) mass is 427 g/mol. The second-order valence-corrected chi connectivity index (χ2v) is 7.57. The quantitative estimate of drug-likeness (QED) is 0.399. The van der Waals surface area contributed by atoms with Gasteiger partial charge in [-0.1, -0.05) is 72.8 Å². The molecule has 0 aliphatic heterocycles. The zero-order valence-corrected chi connectivity index (χ0v) is 17.0. The van der Waals surface area contributed by atoms with E-state index in [0.717, 1.165) is 17.2 Å². The van der Waals surface area contributed by atoms with Crippen LogP contribution in [0.3, 0.4) is 0 Å². The van der Waals surface area contributed by atoms with E-state index < -0.39 is 11.6 Å².